The number of nitrogens with two attached hydrogens (primary N) is 1. The van der Waals surface area contributed by atoms with Crippen molar-refractivity contribution in [1.82, 2.24) is 14.8 Å². The Kier molecular flexibility index (Phi) is 4.36. The molecule has 22 heavy (non-hydrogen) atoms. The lowest BCUT2D eigenvalue weighted by molar-refractivity contribution is -0.122. The summed E-state index contributed by atoms with van der Waals surface area (Å²) in [5.41, 5.74) is 7.78. The Morgan fingerprint density at radius 2 is 2.18 bits per heavy atom. The standard InChI is InChI=1S/C17H22N4O/c1-20-7-8-21(12-15(11-20)17(18)22)10-13-4-5-16-14(9-13)3-2-6-19-16/h2-6,9,15H,7-8,10-12H2,1H3,(H2,18,22)/t15-/m1/s1. The van der Waals surface area contributed by atoms with Crippen molar-refractivity contribution in [2.75, 3.05) is 33.2 Å². The normalized spacial score (nSPS) is 20.9. The van der Waals surface area contributed by atoms with Gasteiger partial charge in [-0.15, -0.1) is 0 Å². The summed E-state index contributed by atoms with van der Waals surface area (Å²) in [5, 5.41) is 1.15. The van der Waals surface area contributed by atoms with E-state index in [0.717, 1.165) is 43.6 Å². The number of aromatic nitrogens is 1. The van der Waals surface area contributed by atoms with Crippen molar-refractivity contribution in [1.29, 1.82) is 0 Å². The number of primary amides is 1. The summed E-state index contributed by atoms with van der Waals surface area (Å²) in [4.78, 5) is 20.4. The highest BCUT2D eigenvalue weighted by Gasteiger charge is 2.24. The molecular formula is C17H22N4O. The monoisotopic (exact) mass is 298 g/mol. The number of benzene rings is 1. The zero-order valence-electron chi connectivity index (χ0n) is 12.9. The van der Waals surface area contributed by atoms with Crippen molar-refractivity contribution < 1.29 is 4.79 Å². The second kappa shape index (κ2) is 6.42. The van der Waals surface area contributed by atoms with Crippen LogP contribution in [-0.4, -0.2) is 53.9 Å². The van der Waals surface area contributed by atoms with Crippen LogP contribution in [0.5, 0.6) is 0 Å². The predicted octanol–water partition coefficient (Wildman–Crippen LogP) is 1.08. The van der Waals surface area contributed by atoms with Gasteiger partial charge < -0.3 is 10.6 Å². The van der Waals surface area contributed by atoms with Crippen LogP contribution in [0.1, 0.15) is 5.56 Å². The Morgan fingerprint density at radius 3 is 3.00 bits per heavy atom. The molecule has 0 radical (unpaired) electrons. The molecule has 0 spiro atoms. The molecule has 5 nitrogen and oxygen atoms in total. The molecule has 1 aromatic heterocycles. The Labute approximate surface area is 130 Å². The molecule has 0 bridgehead atoms. The van der Waals surface area contributed by atoms with Crippen molar-refractivity contribution in [2.24, 2.45) is 11.7 Å². The van der Waals surface area contributed by atoms with Crippen LogP contribution in [0.4, 0.5) is 0 Å². The maximum atomic E-state index is 11.6. The van der Waals surface area contributed by atoms with Gasteiger partial charge in [0, 0.05) is 44.3 Å². The first-order valence-corrected chi connectivity index (χ1v) is 7.66. The zero-order chi connectivity index (χ0) is 15.5. The van der Waals surface area contributed by atoms with Crippen molar-refractivity contribution in [3.05, 3.63) is 42.1 Å². The van der Waals surface area contributed by atoms with Gasteiger partial charge in [0.25, 0.3) is 0 Å². The maximum Gasteiger partial charge on any atom is 0.223 e. The van der Waals surface area contributed by atoms with Gasteiger partial charge in [0.05, 0.1) is 11.4 Å². The van der Waals surface area contributed by atoms with Crippen LogP contribution in [-0.2, 0) is 11.3 Å². The third kappa shape index (κ3) is 3.43. The number of fused-ring (bicyclic) bond motifs is 1. The van der Waals surface area contributed by atoms with Gasteiger partial charge in [0.15, 0.2) is 0 Å². The predicted molar refractivity (Wildman–Crippen MR) is 87.2 cm³/mol. The molecule has 1 saturated heterocycles. The van der Waals surface area contributed by atoms with Gasteiger partial charge in [-0.25, -0.2) is 0 Å². The van der Waals surface area contributed by atoms with E-state index in [-0.39, 0.29) is 11.8 Å². The van der Waals surface area contributed by atoms with E-state index in [0.29, 0.717) is 0 Å². The molecule has 0 aliphatic carbocycles. The van der Waals surface area contributed by atoms with Crippen molar-refractivity contribution in [3.63, 3.8) is 0 Å². The lowest BCUT2D eigenvalue weighted by Crippen LogP contribution is -2.37. The molecule has 5 heteroatoms. The highest BCUT2D eigenvalue weighted by molar-refractivity contribution is 5.79. The van der Waals surface area contributed by atoms with Gasteiger partial charge in [0.1, 0.15) is 0 Å². The lowest BCUT2D eigenvalue weighted by atomic mass is 10.1. The number of carbonyl (C=O) groups is 1. The summed E-state index contributed by atoms with van der Waals surface area (Å²) in [7, 11) is 2.04. The van der Waals surface area contributed by atoms with Crippen molar-refractivity contribution >= 4 is 16.8 Å². The molecule has 1 atom stereocenters. The van der Waals surface area contributed by atoms with E-state index < -0.39 is 0 Å². The highest BCUT2D eigenvalue weighted by Crippen LogP contribution is 2.17. The van der Waals surface area contributed by atoms with Crippen LogP contribution >= 0.6 is 0 Å². The molecule has 1 aromatic carbocycles. The third-order valence-corrected chi connectivity index (χ3v) is 4.28. The fourth-order valence-electron chi connectivity index (χ4n) is 3.05. The number of amides is 1. The van der Waals surface area contributed by atoms with Gasteiger partial charge in [-0.1, -0.05) is 12.1 Å². The summed E-state index contributed by atoms with van der Waals surface area (Å²) >= 11 is 0. The Balaban J connectivity index is 1.76. The number of likely N-dealkylation sites (N-methyl/N-ethyl adjacent to an activating group) is 1. The van der Waals surface area contributed by atoms with Crippen LogP contribution in [0.15, 0.2) is 36.5 Å². The minimum Gasteiger partial charge on any atom is -0.369 e. The Hall–Kier alpha value is -1.98. The molecule has 1 aliphatic rings. The Bertz CT molecular complexity index is 673. The first kappa shape index (κ1) is 14.9. The number of pyridine rings is 1. The third-order valence-electron chi connectivity index (χ3n) is 4.28. The maximum absolute atomic E-state index is 11.6. The van der Waals surface area contributed by atoms with E-state index in [1.165, 1.54) is 5.56 Å². The van der Waals surface area contributed by atoms with E-state index in [1.54, 1.807) is 0 Å². The fourth-order valence-corrected chi connectivity index (χ4v) is 3.05. The van der Waals surface area contributed by atoms with Crippen LogP contribution in [0.3, 0.4) is 0 Å². The number of rotatable bonds is 3. The van der Waals surface area contributed by atoms with Crippen LogP contribution in [0.25, 0.3) is 10.9 Å². The SMILES string of the molecule is CN1CCN(Cc2ccc3ncccc3c2)C[C@H](C(N)=O)C1. The zero-order valence-corrected chi connectivity index (χ0v) is 12.9. The van der Waals surface area contributed by atoms with Gasteiger partial charge in [0.2, 0.25) is 5.91 Å². The molecule has 0 saturated carbocycles. The molecule has 2 N–H and O–H groups in total. The van der Waals surface area contributed by atoms with Gasteiger partial charge in [-0.2, -0.15) is 0 Å². The lowest BCUT2D eigenvalue weighted by Gasteiger charge is -2.22. The van der Waals surface area contributed by atoms with Gasteiger partial charge in [-0.05, 0) is 30.8 Å². The van der Waals surface area contributed by atoms with Crippen molar-refractivity contribution in [2.45, 2.75) is 6.54 Å². The first-order valence-electron chi connectivity index (χ1n) is 7.66. The average molecular weight is 298 g/mol. The quantitative estimate of drug-likeness (QED) is 0.921. The molecule has 1 fully saturated rings. The molecule has 1 aliphatic heterocycles. The summed E-state index contributed by atoms with van der Waals surface area (Å²) < 4.78 is 0. The van der Waals surface area contributed by atoms with Gasteiger partial charge in [-0.3, -0.25) is 14.7 Å². The van der Waals surface area contributed by atoms with Gasteiger partial charge >= 0.3 is 0 Å². The summed E-state index contributed by atoms with van der Waals surface area (Å²) in [6.07, 6.45) is 1.81. The van der Waals surface area contributed by atoms with Crippen LogP contribution in [0.2, 0.25) is 0 Å². The number of hydrogen-bond acceptors (Lipinski definition) is 4. The smallest absolute Gasteiger partial charge is 0.223 e. The highest BCUT2D eigenvalue weighted by atomic mass is 16.1. The molecule has 2 heterocycles. The molecule has 0 unspecified atom stereocenters. The molecule has 116 valence electrons. The average Bonchev–Trinajstić information content (AvgIpc) is 2.69. The topological polar surface area (TPSA) is 62.5 Å². The van der Waals surface area contributed by atoms with E-state index in [1.807, 2.05) is 19.3 Å². The number of carbonyl (C=O) groups excluding carboxylic acids is 1. The minimum absolute atomic E-state index is 0.102. The largest absolute Gasteiger partial charge is 0.369 e. The molecule has 1 amide bonds. The van der Waals surface area contributed by atoms with Crippen LogP contribution < -0.4 is 5.73 Å². The van der Waals surface area contributed by atoms with E-state index in [4.69, 9.17) is 5.73 Å². The molecule has 2 aromatic rings. The van der Waals surface area contributed by atoms with Crippen LogP contribution in [0, 0.1) is 5.92 Å². The molecule has 3 rings (SSSR count). The number of nitrogens with zero attached hydrogens (tertiary/aromatic N) is 3. The summed E-state index contributed by atoms with van der Waals surface area (Å²) in [6.45, 7) is 4.21. The van der Waals surface area contributed by atoms with Crippen molar-refractivity contribution in [3.8, 4) is 0 Å². The number of hydrogen-bond donors (Lipinski definition) is 1. The first-order chi connectivity index (χ1) is 10.6. The second-order valence-electron chi connectivity index (χ2n) is 6.13. The van der Waals surface area contributed by atoms with E-state index >= 15 is 0 Å². The minimum atomic E-state index is -0.207. The summed E-state index contributed by atoms with van der Waals surface area (Å²) in [5.74, 6) is -0.309. The van der Waals surface area contributed by atoms with E-state index in [2.05, 4.69) is 39.0 Å². The van der Waals surface area contributed by atoms with E-state index in [9.17, 15) is 4.79 Å². The Morgan fingerprint density at radius 1 is 1.32 bits per heavy atom. The fraction of sp³-hybridized carbons (Fsp3) is 0.412. The second-order valence-corrected chi connectivity index (χ2v) is 6.13. The molecular weight excluding hydrogens is 276 g/mol. The summed E-state index contributed by atoms with van der Waals surface area (Å²) in [6, 6.07) is 10.4.